The molecule has 20 heavy (non-hydrogen) atoms. The van der Waals surface area contributed by atoms with Crippen LogP contribution in [0, 0.1) is 11.8 Å². The van der Waals surface area contributed by atoms with Crippen LogP contribution in [0.4, 0.5) is 0 Å². The van der Waals surface area contributed by atoms with Crippen LogP contribution >= 0.6 is 11.3 Å². The van der Waals surface area contributed by atoms with Crippen molar-refractivity contribution in [2.24, 2.45) is 0 Å². The van der Waals surface area contributed by atoms with Crippen molar-refractivity contribution in [3.63, 3.8) is 0 Å². The molecule has 3 aromatic rings. The van der Waals surface area contributed by atoms with E-state index in [1.54, 1.807) is 11.3 Å². The zero-order valence-corrected chi connectivity index (χ0v) is 11.7. The molecule has 0 aliphatic rings. The lowest BCUT2D eigenvalue weighted by Crippen LogP contribution is -1.92. The Labute approximate surface area is 122 Å². The van der Waals surface area contributed by atoms with Crippen molar-refractivity contribution in [1.82, 2.24) is 4.98 Å². The smallest absolute Gasteiger partial charge is 0.120 e. The van der Waals surface area contributed by atoms with Gasteiger partial charge in [-0.25, -0.2) is 4.98 Å². The van der Waals surface area contributed by atoms with Crippen LogP contribution in [-0.4, -0.2) is 11.6 Å². The van der Waals surface area contributed by atoms with Crippen LogP contribution < -0.4 is 0 Å². The molecule has 0 saturated carbocycles. The van der Waals surface area contributed by atoms with Crippen molar-refractivity contribution >= 4 is 21.6 Å². The highest BCUT2D eigenvalue weighted by molar-refractivity contribution is 7.18. The van der Waals surface area contributed by atoms with Gasteiger partial charge >= 0.3 is 0 Å². The van der Waals surface area contributed by atoms with E-state index in [9.17, 15) is 0 Å². The number of rotatable bonds is 3. The van der Waals surface area contributed by atoms with Gasteiger partial charge in [-0.15, -0.1) is 11.3 Å². The van der Waals surface area contributed by atoms with E-state index < -0.39 is 0 Å². The lowest BCUT2D eigenvalue weighted by Gasteiger charge is -1.94. The fourth-order valence-electron chi connectivity index (χ4n) is 1.83. The highest BCUT2D eigenvalue weighted by Crippen LogP contribution is 2.21. The van der Waals surface area contributed by atoms with E-state index in [0.717, 1.165) is 16.1 Å². The van der Waals surface area contributed by atoms with Crippen LogP contribution in [0.15, 0.2) is 54.6 Å². The predicted molar refractivity (Wildman–Crippen MR) is 82.6 cm³/mol. The van der Waals surface area contributed by atoms with Crippen LogP contribution in [-0.2, 0) is 11.3 Å². The monoisotopic (exact) mass is 279 g/mol. The van der Waals surface area contributed by atoms with E-state index in [1.807, 2.05) is 48.5 Å². The minimum Gasteiger partial charge on any atom is -0.362 e. The maximum Gasteiger partial charge on any atom is 0.120 e. The molecule has 0 spiro atoms. The van der Waals surface area contributed by atoms with Crippen molar-refractivity contribution in [2.45, 2.75) is 6.61 Å². The quantitative estimate of drug-likeness (QED) is 0.536. The molecule has 2 aromatic carbocycles. The maximum atomic E-state index is 5.55. The molecule has 3 heteroatoms. The molecule has 0 N–H and O–H groups in total. The van der Waals surface area contributed by atoms with Gasteiger partial charge in [0.05, 0.1) is 16.8 Å². The van der Waals surface area contributed by atoms with Gasteiger partial charge in [-0.3, -0.25) is 0 Å². The molecule has 3 rings (SSSR count). The van der Waals surface area contributed by atoms with E-state index in [-0.39, 0.29) is 0 Å². The van der Waals surface area contributed by atoms with Gasteiger partial charge < -0.3 is 4.74 Å². The third-order valence-electron chi connectivity index (χ3n) is 2.74. The Hall–Kier alpha value is -2.15. The van der Waals surface area contributed by atoms with E-state index in [2.05, 4.69) is 22.9 Å². The number of para-hydroxylation sites is 1. The summed E-state index contributed by atoms with van der Waals surface area (Å²) in [5.74, 6) is 6.08. The van der Waals surface area contributed by atoms with Gasteiger partial charge in [0.15, 0.2) is 0 Å². The molecule has 98 valence electrons. The first-order valence-electron chi connectivity index (χ1n) is 6.38. The first-order chi connectivity index (χ1) is 9.92. The molecule has 0 radical (unpaired) electrons. The highest BCUT2D eigenvalue weighted by atomic mass is 32.1. The molecule has 1 aromatic heterocycles. The van der Waals surface area contributed by atoms with Gasteiger partial charge in [0, 0.05) is 5.56 Å². The fourth-order valence-corrected chi connectivity index (χ4v) is 2.74. The number of aromatic nitrogens is 1. The zero-order valence-electron chi connectivity index (χ0n) is 10.9. The largest absolute Gasteiger partial charge is 0.362 e. The van der Waals surface area contributed by atoms with E-state index >= 15 is 0 Å². The van der Waals surface area contributed by atoms with Crippen molar-refractivity contribution in [2.75, 3.05) is 6.61 Å². The molecule has 0 saturated heterocycles. The third kappa shape index (κ3) is 3.24. The Kier molecular flexibility index (Phi) is 4.07. The van der Waals surface area contributed by atoms with Gasteiger partial charge in [-0.05, 0) is 24.3 Å². The SMILES string of the molecule is C(#Cc1ccccc1)COCc1nc2ccccc2s1. The molecule has 0 aliphatic heterocycles. The predicted octanol–water partition coefficient (Wildman–Crippen LogP) is 3.86. The van der Waals surface area contributed by atoms with Gasteiger partial charge in [0.1, 0.15) is 11.6 Å². The molecule has 0 bridgehead atoms. The summed E-state index contributed by atoms with van der Waals surface area (Å²) in [6.07, 6.45) is 0. The molecule has 1 heterocycles. The number of fused-ring (bicyclic) bond motifs is 1. The molecule has 2 nitrogen and oxygen atoms in total. The van der Waals surface area contributed by atoms with Gasteiger partial charge in [0.25, 0.3) is 0 Å². The van der Waals surface area contributed by atoms with Crippen molar-refractivity contribution < 1.29 is 4.74 Å². The Morgan fingerprint density at radius 1 is 1.00 bits per heavy atom. The topological polar surface area (TPSA) is 22.1 Å². The van der Waals surface area contributed by atoms with Crippen LogP contribution in [0.25, 0.3) is 10.2 Å². The lowest BCUT2D eigenvalue weighted by molar-refractivity contribution is 0.153. The highest BCUT2D eigenvalue weighted by Gasteiger charge is 2.01. The van der Waals surface area contributed by atoms with E-state index in [4.69, 9.17) is 4.74 Å². The average molecular weight is 279 g/mol. The second kappa shape index (κ2) is 6.33. The second-order valence-electron chi connectivity index (χ2n) is 4.24. The van der Waals surface area contributed by atoms with Gasteiger partial charge in [0.2, 0.25) is 0 Å². The van der Waals surface area contributed by atoms with Crippen LogP contribution in [0.3, 0.4) is 0 Å². The summed E-state index contributed by atoms with van der Waals surface area (Å²) in [6, 6.07) is 18.0. The van der Waals surface area contributed by atoms with Crippen molar-refractivity contribution in [3.05, 3.63) is 65.2 Å². The van der Waals surface area contributed by atoms with E-state index in [1.165, 1.54) is 4.70 Å². The Morgan fingerprint density at radius 2 is 1.80 bits per heavy atom. The standard InChI is InChI=1S/C17H13NOS/c1-2-7-14(8-3-1)9-6-12-19-13-17-18-15-10-4-5-11-16(15)20-17/h1-5,7-8,10-11H,12-13H2. The zero-order chi connectivity index (χ0) is 13.6. The first kappa shape index (κ1) is 12.9. The molecule has 0 atom stereocenters. The lowest BCUT2D eigenvalue weighted by atomic mass is 10.2. The number of benzene rings is 2. The summed E-state index contributed by atoms with van der Waals surface area (Å²) in [6.45, 7) is 0.938. The third-order valence-corrected chi connectivity index (χ3v) is 3.75. The summed E-state index contributed by atoms with van der Waals surface area (Å²) in [7, 11) is 0. The summed E-state index contributed by atoms with van der Waals surface area (Å²) in [5, 5.41) is 0.993. The number of ether oxygens (including phenoxy) is 1. The second-order valence-corrected chi connectivity index (χ2v) is 5.35. The summed E-state index contributed by atoms with van der Waals surface area (Å²) in [5.41, 5.74) is 2.04. The van der Waals surface area contributed by atoms with Crippen LogP contribution in [0.2, 0.25) is 0 Å². The maximum absolute atomic E-state index is 5.55. The normalized spacial score (nSPS) is 10.2. The number of hydrogen-bond donors (Lipinski definition) is 0. The Morgan fingerprint density at radius 3 is 2.65 bits per heavy atom. The number of nitrogens with zero attached hydrogens (tertiary/aromatic N) is 1. The minimum absolute atomic E-state index is 0.421. The minimum atomic E-state index is 0.421. The van der Waals surface area contributed by atoms with Crippen molar-refractivity contribution in [1.29, 1.82) is 0 Å². The number of hydrogen-bond acceptors (Lipinski definition) is 3. The van der Waals surface area contributed by atoms with E-state index in [0.29, 0.717) is 13.2 Å². The molecule has 0 fully saturated rings. The Bertz CT molecular complexity index is 720. The molecule has 0 unspecified atom stereocenters. The summed E-state index contributed by atoms with van der Waals surface area (Å²) < 4.78 is 6.74. The molecular formula is C17H13NOS. The van der Waals surface area contributed by atoms with Crippen LogP contribution in [0.1, 0.15) is 10.6 Å². The van der Waals surface area contributed by atoms with Gasteiger partial charge in [-0.1, -0.05) is 42.2 Å². The summed E-state index contributed by atoms with van der Waals surface area (Å²) in [4.78, 5) is 4.51. The average Bonchev–Trinajstić information content (AvgIpc) is 2.90. The molecular weight excluding hydrogens is 266 g/mol. The summed E-state index contributed by atoms with van der Waals surface area (Å²) >= 11 is 1.67. The Balaban J connectivity index is 1.54. The fraction of sp³-hybridized carbons (Fsp3) is 0.118. The van der Waals surface area contributed by atoms with Crippen LogP contribution in [0.5, 0.6) is 0 Å². The first-order valence-corrected chi connectivity index (χ1v) is 7.19. The molecule has 0 aliphatic carbocycles. The molecule has 0 amide bonds. The van der Waals surface area contributed by atoms with Crippen molar-refractivity contribution in [3.8, 4) is 11.8 Å². The van der Waals surface area contributed by atoms with Gasteiger partial charge in [-0.2, -0.15) is 0 Å². The number of thiazole rings is 1.